The van der Waals surface area contributed by atoms with Gasteiger partial charge in [-0.05, 0) is 57.4 Å². The first-order valence-electron chi connectivity index (χ1n) is 11.5. The van der Waals surface area contributed by atoms with Crippen LogP contribution >= 0.6 is 23.2 Å². The lowest BCUT2D eigenvalue weighted by molar-refractivity contribution is -0.243. The van der Waals surface area contributed by atoms with Crippen LogP contribution in [0.4, 0.5) is 0 Å². The zero-order chi connectivity index (χ0) is 25.6. The normalized spacial score (nSPS) is 41.0. The van der Waals surface area contributed by atoms with Crippen molar-refractivity contribution in [1.82, 2.24) is 0 Å². The molecule has 4 rings (SSSR count). The molecule has 1 saturated carbocycles. The Bertz CT molecular complexity index is 1070. The molecule has 0 radical (unpaired) electrons. The van der Waals surface area contributed by atoms with E-state index in [0.717, 1.165) is 12.1 Å². The third-order valence-corrected chi connectivity index (χ3v) is 9.96. The van der Waals surface area contributed by atoms with Crippen LogP contribution in [0.25, 0.3) is 0 Å². The van der Waals surface area contributed by atoms with Crippen molar-refractivity contribution in [2.45, 2.75) is 93.5 Å². The third kappa shape index (κ3) is 3.34. The van der Waals surface area contributed by atoms with Gasteiger partial charge in [0.05, 0.1) is 22.1 Å². The summed E-state index contributed by atoms with van der Waals surface area (Å²) in [6.45, 7) is 8.79. The van der Waals surface area contributed by atoms with Gasteiger partial charge in [0.1, 0.15) is 11.5 Å². The highest BCUT2D eigenvalue weighted by Gasteiger charge is 2.72. The van der Waals surface area contributed by atoms with Crippen LogP contribution in [0.5, 0.6) is 11.5 Å². The fourth-order valence-corrected chi connectivity index (χ4v) is 6.82. The molecule has 1 aromatic rings. The number of fused-ring (bicyclic) bond motifs is 2. The second kappa shape index (κ2) is 7.56. The predicted octanol–water partition coefficient (Wildman–Crippen LogP) is 3.94. The van der Waals surface area contributed by atoms with Crippen molar-refractivity contribution in [3.63, 3.8) is 0 Å². The Hall–Kier alpha value is -1.38. The molecular weight excluding hydrogens is 483 g/mol. The van der Waals surface area contributed by atoms with Gasteiger partial charge in [0.2, 0.25) is 5.78 Å². The number of carbonyl (C=O) groups is 2. The molecule has 2 aliphatic carbocycles. The lowest BCUT2D eigenvalue weighted by atomic mass is 9.53. The summed E-state index contributed by atoms with van der Waals surface area (Å²) in [5.41, 5.74) is -8.21. The van der Waals surface area contributed by atoms with Gasteiger partial charge < -0.3 is 25.2 Å². The first-order chi connectivity index (χ1) is 15.4. The number of ketones is 2. The second-order valence-corrected chi connectivity index (χ2v) is 12.6. The molecule has 0 bridgehead atoms. The van der Waals surface area contributed by atoms with Crippen LogP contribution in [0.1, 0.15) is 81.0 Å². The van der Waals surface area contributed by atoms with Crippen molar-refractivity contribution in [1.29, 1.82) is 0 Å². The largest absolute Gasteiger partial charge is 0.508 e. The number of Topliss-reactive ketones (excluding diaryl/α,β-unsaturated/α-hetero) is 2. The number of halogens is 2. The van der Waals surface area contributed by atoms with Crippen LogP contribution < -0.4 is 0 Å². The Kier molecular flexibility index (Phi) is 5.72. The van der Waals surface area contributed by atoms with E-state index in [4.69, 9.17) is 27.9 Å². The molecule has 0 amide bonds. The highest BCUT2D eigenvalue weighted by atomic mass is 35.5. The van der Waals surface area contributed by atoms with Gasteiger partial charge in [-0.1, -0.05) is 13.8 Å². The molecule has 7 nitrogen and oxygen atoms in total. The van der Waals surface area contributed by atoms with Gasteiger partial charge >= 0.3 is 0 Å². The monoisotopic (exact) mass is 514 g/mol. The minimum absolute atomic E-state index is 0.208. The van der Waals surface area contributed by atoms with Crippen LogP contribution in [0.2, 0.25) is 0 Å². The van der Waals surface area contributed by atoms with E-state index in [1.807, 2.05) is 13.8 Å². The van der Waals surface area contributed by atoms with Gasteiger partial charge in [-0.15, -0.1) is 23.2 Å². The maximum atomic E-state index is 14.2. The Morgan fingerprint density at radius 3 is 2.24 bits per heavy atom. The van der Waals surface area contributed by atoms with E-state index in [2.05, 4.69) is 0 Å². The number of alkyl halides is 2. The third-order valence-electron chi connectivity index (χ3n) is 8.50. The summed E-state index contributed by atoms with van der Waals surface area (Å²) < 4.78 is 6.35. The highest BCUT2D eigenvalue weighted by molar-refractivity contribution is 6.26. The van der Waals surface area contributed by atoms with Crippen LogP contribution in [0.15, 0.2) is 12.1 Å². The topological polar surface area (TPSA) is 124 Å². The molecule has 0 spiro atoms. The van der Waals surface area contributed by atoms with Gasteiger partial charge in [-0.3, -0.25) is 9.59 Å². The van der Waals surface area contributed by atoms with Crippen molar-refractivity contribution in [2.75, 3.05) is 0 Å². The Morgan fingerprint density at radius 1 is 1.00 bits per heavy atom. The Morgan fingerprint density at radius 2 is 1.62 bits per heavy atom. The van der Waals surface area contributed by atoms with E-state index in [9.17, 15) is 30.0 Å². The quantitative estimate of drug-likeness (QED) is 0.440. The van der Waals surface area contributed by atoms with Crippen molar-refractivity contribution in [3.8, 4) is 11.5 Å². The van der Waals surface area contributed by atoms with Crippen molar-refractivity contribution in [2.24, 2.45) is 11.3 Å². The van der Waals surface area contributed by atoms with Gasteiger partial charge in [-0.2, -0.15) is 0 Å². The number of phenolic OH excluding ortho intramolecular Hbond substituents is 2. The molecule has 1 saturated heterocycles. The summed E-state index contributed by atoms with van der Waals surface area (Å²) in [6.07, 6.45) is 0.417. The average molecular weight is 515 g/mol. The summed E-state index contributed by atoms with van der Waals surface area (Å²) in [5, 5.41) is 42.8. The highest BCUT2D eigenvalue weighted by Crippen LogP contribution is 2.59. The number of aliphatic hydroxyl groups is 2. The average Bonchev–Trinajstić information content (AvgIpc) is 2.70. The van der Waals surface area contributed by atoms with Crippen molar-refractivity contribution >= 4 is 34.8 Å². The smallest absolute Gasteiger partial charge is 0.202 e. The molecule has 1 aromatic carbocycles. The second-order valence-electron chi connectivity index (χ2n) is 11.6. The minimum Gasteiger partial charge on any atom is -0.508 e. The van der Waals surface area contributed by atoms with Crippen LogP contribution in [-0.2, 0) is 4.74 Å². The van der Waals surface area contributed by atoms with E-state index in [0.29, 0.717) is 12.8 Å². The molecular formula is C25H32Cl2O7. The number of rotatable bonds is 2. The molecule has 1 aliphatic heterocycles. The van der Waals surface area contributed by atoms with Crippen LogP contribution in [0.3, 0.4) is 0 Å². The SMILES string of the molecule is CC1(C)O[C@@]2(C[C@H]3C(C)(C)[C@@H](Cl)CC[C@]3(C)O)C(=O)c3cc(O)cc(O)c3C(=O)[C@@]2(O)C[C@H]1Cl. The lowest BCUT2D eigenvalue weighted by Gasteiger charge is -2.60. The molecule has 188 valence electrons. The molecule has 4 N–H and O–H groups in total. The standard InChI is InChI=1S/C25H32Cl2O7/c1-21(2)15(23(5,32)7-6-16(21)26)10-25-19(30)13-8-12(28)9-14(29)18(13)20(31)24(25,33)11-17(27)22(3,4)34-25/h8-9,15-17,28-29,32-33H,6-7,10-11H2,1-5H3/t15-,16-,17+,23-,24-,25-/m0/s1. The first-order valence-corrected chi connectivity index (χ1v) is 12.4. The molecule has 6 atom stereocenters. The first kappa shape index (κ1) is 25.7. The molecule has 9 heteroatoms. The summed E-state index contributed by atoms with van der Waals surface area (Å²) in [5.74, 6) is -3.33. The lowest BCUT2D eigenvalue weighted by Crippen LogP contribution is -2.76. The molecule has 0 unspecified atom stereocenters. The number of aromatic hydroxyl groups is 2. The van der Waals surface area contributed by atoms with Gasteiger partial charge in [0.25, 0.3) is 0 Å². The Balaban J connectivity index is 1.99. The molecule has 3 aliphatic rings. The van der Waals surface area contributed by atoms with Crippen molar-refractivity contribution in [3.05, 3.63) is 23.3 Å². The zero-order valence-electron chi connectivity index (χ0n) is 20.0. The number of hydrogen-bond acceptors (Lipinski definition) is 7. The molecule has 2 fully saturated rings. The number of hydrogen-bond donors (Lipinski definition) is 4. The maximum Gasteiger partial charge on any atom is 0.202 e. The summed E-state index contributed by atoms with van der Waals surface area (Å²) in [7, 11) is 0. The van der Waals surface area contributed by atoms with Crippen LogP contribution in [0, 0.1) is 11.3 Å². The fraction of sp³-hybridized carbons (Fsp3) is 0.680. The van der Waals surface area contributed by atoms with E-state index in [1.165, 1.54) is 0 Å². The number of phenols is 2. The predicted molar refractivity (Wildman–Crippen MR) is 127 cm³/mol. The number of carbonyl (C=O) groups excluding carboxylic acids is 2. The van der Waals surface area contributed by atoms with Crippen LogP contribution in [-0.4, -0.2) is 65.2 Å². The molecule has 1 heterocycles. The fourth-order valence-electron chi connectivity index (χ4n) is 6.29. The minimum atomic E-state index is -2.40. The molecule has 0 aromatic heterocycles. The summed E-state index contributed by atoms with van der Waals surface area (Å²) in [4.78, 5) is 28.0. The van der Waals surface area contributed by atoms with E-state index in [1.54, 1.807) is 20.8 Å². The van der Waals surface area contributed by atoms with E-state index in [-0.39, 0.29) is 29.3 Å². The van der Waals surface area contributed by atoms with E-state index >= 15 is 0 Å². The molecule has 34 heavy (non-hydrogen) atoms. The van der Waals surface area contributed by atoms with Gasteiger partial charge in [0.15, 0.2) is 17.0 Å². The van der Waals surface area contributed by atoms with Crippen molar-refractivity contribution < 1.29 is 34.8 Å². The van der Waals surface area contributed by atoms with Gasteiger partial charge in [-0.25, -0.2) is 0 Å². The Labute approximate surface area is 209 Å². The zero-order valence-corrected chi connectivity index (χ0v) is 21.5. The van der Waals surface area contributed by atoms with E-state index < -0.39 is 62.2 Å². The maximum absolute atomic E-state index is 14.2. The number of ether oxygens (including phenoxy) is 1. The van der Waals surface area contributed by atoms with Gasteiger partial charge in [0, 0.05) is 23.4 Å². The summed E-state index contributed by atoms with van der Waals surface area (Å²) >= 11 is 13.2. The summed E-state index contributed by atoms with van der Waals surface area (Å²) in [6, 6.07) is 2.04. The number of benzene rings is 1.